The quantitative estimate of drug-likeness (QED) is 0.502. The number of carbonyl (C=O) groups is 1. The number of rotatable bonds is 7. The molecule has 0 saturated carbocycles. The fourth-order valence-electron chi connectivity index (χ4n) is 3.64. The molecule has 0 atom stereocenters. The third-order valence-electron chi connectivity index (χ3n) is 5.15. The van der Waals surface area contributed by atoms with Crippen LogP contribution in [0.15, 0.2) is 71.7 Å². The van der Waals surface area contributed by atoms with Crippen LogP contribution in [0.5, 0.6) is 5.75 Å². The lowest BCUT2D eigenvalue weighted by Crippen LogP contribution is -2.32. The summed E-state index contributed by atoms with van der Waals surface area (Å²) in [6.45, 7) is 3.12. The van der Waals surface area contributed by atoms with Gasteiger partial charge in [0.1, 0.15) is 5.75 Å². The molecule has 7 heteroatoms. The largest absolute Gasteiger partial charge is 0.497 e. The first-order valence-electron chi connectivity index (χ1n) is 10.1. The van der Waals surface area contributed by atoms with E-state index in [-0.39, 0.29) is 11.6 Å². The molecule has 7 nitrogen and oxygen atoms in total. The van der Waals surface area contributed by atoms with Gasteiger partial charge < -0.3 is 10.1 Å². The number of benzene rings is 2. The van der Waals surface area contributed by atoms with Crippen LogP contribution in [0.4, 0.5) is 0 Å². The molecule has 4 aromatic rings. The van der Waals surface area contributed by atoms with Crippen LogP contribution in [0.2, 0.25) is 0 Å². The number of nitrogens with zero attached hydrogens (tertiary/aromatic N) is 3. The molecule has 0 unspecified atom stereocenters. The lowest BCUT2D eigenvalue weighted by Gasteiger charge is -2.07. The number of carbonyl (C=O) groups excluding carboxylic acids is 1. The highest BCUT2D eigenvalue weighted by Gasteiger charge is 2.15. The Balaban J connectivity index is 1.54. The maximum absolute atomic E-state index is 13.2. The molecule has 2 heterocycles. The van der Waals surface area contributed by atoms with Gasteiger partial charge in [0, 0.05) is 24.8 Å². The Hall–Kier alpha value is -3.87. The van der Waals surface area contributed by atoms with Gasteiger partial charge in [-0.1, -0.05) is 35.9 Å². The van der Waals surface area contributed by atoms with Crippen LogP contribution in [0.1, 0.15) is 21.5 Å². The lowest BCUT2D eigenvalue weighted by molar-refractivity contribution is 0.0952. The number of amides is 1. The van der Waals surface area contributed by atoms with Crippen molar-refractivity contribution < 1.29 is 9.53 Å². The summed E-state index contributed by atoms with van der Waals surface area (Å²) in [4.78, 5) is 30.0. The van der Waals surface area contributed by atoms with Crippen molar-refractivity contribution in [2.45, 2.75) is 20.0 Å². The summed E-state index contributed by atoms with van der Waals surface area (Å²) in [5, 5.41) is 2.87. The van der Waals surface area contributed by atoms with Crippen molar-refractivity contribution in [1.29, 1.82) is 0 Å². The van der Waals surface area contributed by atoms with E-state index in [4.69, 9.17) is 4.74 Å². The molecule has 0 spiro atoms. The number of aryl methyl sites for hydroxylation is 1. The Kier molecular flexibility index (Phi) is 5.84. The van der Waals surface area contributed by atoms with Crippen LogP contribution in [-0.4, -0.2) is 33.7 Å². The third kappa shape index (κ3) is 4.35. The minimum atomic E-state index is -0.219. The zero-order valence-corrected chi connectivity index (χ0v) is 17.5. The van der Waals surface area contributed by atoms with Crippen LogP contribution >= 0.6 is 0 Å². The lowest BCUT2D eigenvalue weighted by atomic mass is 10.1. The zero-order chi connectivity index (χ0) is 21.8. The maximum Gasteiger partial charge on any atom is 0.330 e. The van der Waals surface area contributed by atoms with Gasteiger partial charge in [0.15, 0.2) is 5.65 Å². The van der Waals surface area contributed by atoms with Gasteiger partial charge in [0.05, 0.1) is 19.2 Å². The molecular formula is C24H24N4O3. The zero-order valence-electron chi connectivity index (χ0n) is 17.5. The summed E-state index contributed by atoms with van der Waals surface area (Å²) in [6.07, 6.45) is 1.67. The summed E-state index contributed by atoms with van der Waals surface area (Å²) >= 11 is 0. The Bertz CT molecular complexity index is 1290. The van der Waals surface area contributed by atoms with Crippen LogP contribution < -0.4 is 15.7 Å². The first-order chi connectivity index (χ1) is 15.1. The number of methoxy groups -OCH3 is 1. The third-order valence-corrected chi connectivity index (χ3v) is 5.15. The molecule has 1 N–H and O–H groups in total. The number of fused-ring (bicyclic) bond motifs is 1. The maximum atomic E-state index is 13.2. The molecule has 0 radical (unpaired) electrons. The first-order valence-corrected chi connectivity index (χ1v) is 10.1. The SMILES string of the molecule is COc1cccc(C(=O)NCCn2c(=O)n(Cc3cccc(C)c3)c3cccnc32)c1. The van der Waals surface area contributed by atoms with Gasteiger partial charge in [-0.2, -0.15) is 0 Å². The Morgan fingerprint density at radius 2 is 1.90 bits per heavy atom. The molecular weight excluding hydrogens is 392 g/mol. The molecule has 1 amide bonds. The van der Waals surface area contributed by atoms with Gasteiger partial charge in [0.2, 0.25) is 0 Å². The van der Waals surface area contributed by atoms with E-state index < -0.39 is 0 Å². The van der Waals surface area contributed by atoms with E-state index in [9.17, 15) is 9.59 Å². The highest BCUT2D eigenvalue weighted by Crippen LogP contribution is 2.14. The monoisotopic (exact) mass is 416 g/mol. The highest BCUT2D eigenvalue weighted by atomic mass is 16.5. The van der Waals surface area contributed by atoms with Gasteiger partial charge in [-0.15, -0.1) is 0 Å². The standard InChI is InChI=1S/C24H24N4O3/c1-17-6-3-7-18(14-17)16-28-21-10-5-11-25-22(21)27(24(28)30)13-12-26-23(29)19-8-4-9-20(15-19)31-2/h3-11,14-15H,12-13,16H2,1-2H3,(H,26,29). The van der Waals surface area contributed by atoms with E-state index >= 15 is 0 Å². The Morgan fingerprint density at radius 1 is 1.06 bits per heavy atom. The molecule has 2 aromatic heterocycles. The minimum absolute atomic E-state index is 0.147. The molecule has 0 aliphatic carbocycles. The van der Waals surface area contributed by atoms with Crippen molar-refractivity contribution in [2.75, 3.05) is 13.7 Å². The predicted octanol–water partition coefficient (Wildman–Crippen LogP) is 2.99. The van der Waals surface area contributed by atoms with Crippen LogP contribution in [0.3, 0.4) is 0 Å². The van der Waals surface area contributed by atoms with Crippen LogP contribution in [0.25, 0.3) is 11.2 Å². The van der Waals surface area contributed by atoms with Gasteiger partial charge >= 0.3 is 5.69 Å². The second-order valence-electron chi connectivity index (χ2n) is 7.34. The summed E-state index contributed by atoms with van der Waals surface area (Å²) < 4.78 is 8.50. The van der Waals surface area contributed by atoms with Crippen molar-refractivity contribution in [3.63, 3.8) is 0 Å². The summed E-state index contributed by atoms with van der Waals surface area (Å²) in [5.74, 6) is 0.399. The van der Waals surface area contributed by atoms with E-state index in [2.05, 4.69) is 16.4 Å². The Morgan fingerprint density at radius 3 is 2.71 bits per heavy atom. The number of imidazole rings is 1. The molecule has 0 saturated heterocycles. The normalized spacial score (nSPS) is 10.9. The number of hydrogen-bond acceptors (Lipinski definition) is 4. The van der Waals surface area contributed by atoms with Crippen molar-refractivity contribution in [3.8, 4) is 5.75 Å². The second kappa shape index (κ2) is 8.87. The fraction of sp³-hybridized carbons (Fsp3) is 0.208. The number of ether oxygens (including phenoxy) is 1. The first kappa shape index (κ1) is 20.4. The molecule has 31 heavy (non-hydrogen) atoms. The van der Waals surface area contributed by atoms with Crippen molar-refractivity contribution in [2.24, 2.45) is 0 Å². The smallest absolute Gasteiger partial charge is 0.330 e. The van der Waals surface area contributed by atoms with Crippen LogP contribution in [0, 0.1) is 6.92 Å². The topological polar surface area (TPSA) is 78.1 Å². The van der Waals surface area contributed by atoms with Crippen molar-refractivity contribution in [1.82, 2.24) is 19.4 Å². The van der Waals surface area contributed by atoms with Crippen molar-refractivity contribution >= 4 is 17.1 Å². The molecule has 0 fully saturated rings. The van der Waals surface area contributed by atoms with E-state index in [0.717, 1.165) is 16.6 Å². The van der Waals surface area contributed by atoms with E-state index in [1.807, 2.05) is 37.3 Å². The minimum Gasteiger partial charge on any atom is -0.497 e. The van der Waals surface area contributed by atoms with E-state index in [0.29, 0.717) is 36.6 Å². The number of hydrogen-bond donors (Lipinski definition) is 1. The Labute approximate surface area is 179 Å². The molecule has 2 aromatic carbocycles. The summed E-state index contributed by atoms with van der Waals surface area (Å²) in [5.41, 5.74) is 3.94. The van der Waals surface area contributed by atoms with Gasteiger partial charge in [-0.05, 0) is 42.8 Å². The van der Waals surface area contributed by atoms with E-state index in [1.54, 1.807) is 46.7 Å². The van der Waals surface area contributed by atoms with Gasteiger partial charge in [0.25, 0.3) is 5.91 Å². The van der Waals surface area contributed by atoms with Crippen molar-refractivity contribution in [3.05, 3.63) is 94.0 Å². The average molecular weight is 416 g/mol. The molecule has 0 bridgehead atoms. The fourth-order valence-corrected chi connectivity index (χ4v) is 3.64. The molecule has 0 aliphatic rings. The molecule has 4 rings (SSSR count). The second-order valence-corrected chi connectivity index (χ2v) is 7.34. The summed E-state index contributed by atoms with van der Waals surface area (Å²) in [7, 11) is 1.56. The average Bonchev–Trinajstić information content (AvgIpc) is 3.05. The number of nitrogens with one attached hydrogen (secondary N) is 1. The highest BCUT2D eigenvalue weighted by molar-refractivity contribution is 5.94. The molecule has 0 aliphatic heterocycles. The van der Waals surface area contributed by atoms with E-state index in [1.165, 1.54) is 0 Å². The number of pyridine rings is 1. The molecule has 158 valence electrons. The summed E-state index contributed by atoms with van der Waals surface area (Å²) in [6, 6.07) is 18.8. The van der Waals surface area contributed by atoms with Gasteiger partial charge in [-0.25, -0.2) is 9.78 Å². The van der Waals surface area contributed by atoms with Crippen LogP contribution in [-0.2, 0) is 13.1 Å². The predicted molar refractivity (Wildman–Crippen MR) is 120 cm³/mol. The van der Waals surface area contributed by atoms with Gasteiger partial charge in [-0.3, -0.25) is 13.9 Å². The number of aromatic nitrogens is 3.